The standard InChI is InChI=1S/C22H25N3O3/c1-15-21(16(2)25(3)24-15)13-23-22(26)18-7-5-17(6-8-18)14-28-20-11-9-19(27-4)10-12-20/h5-12H,13-14H2,1-4H3,(H,23,26). The summed E-state index contributed by atoms with van der Waals surface area (Å²) in [5, 5.41) is 7.34. The third kappa shape index (κ3) is 4.52. The van der Waals surface area contributed by atoms with Crippen molar-refractivity contribution in [2.75, 3.05) is 7.11 Å². The molecule has 0 spiro atoms. The van der Waals surface area contributed by atoms with Gasteiger partial charge in [0.05, 0.1) is 12.8 Å². The number of amides is 1. The summed E-state index contributed by atoms with van der Waals surface area (Å²) < 4.78 is 12.7. The van der Waals surface area contributed by atoms with Crippen molar-refractivity contribution in [1.29, 1.82) is 0 Å². The second-order valence-corrected chi connectivity index (χ2v) is 6.62. The van der Waals surface area contributed by atoms with Crippen LogP contribution in [0.25, 0.3) is 0 Å². The van der Waals surface area contributed by atoms with E-state index in [0.29, 0.717) is 18.7 Å². The van der Waals surface area contributed by atoms with E-state index in [2.05, 4.69) is 10.4 Å². The largest absolute Gasteiger partial charge is 0.497 e. The molecule has 1 N–H and O–H groups in total. The number of aromatic nitrogens is 2. The van der Waals surface area contributed by atoms with Gasteiger partial charge in [-0.2, -0.15) is 5.10 Å². The predicted octanol–water partition coefficient (Wildman–Crippen LogP) is 3.55. The third-order valence-electron chi connectivity index (χ3n) is 4.77. The van der Waals surface area contributed by atoms with Crippen molar-refractivity contribution in [2.24, 2.45) is 7.05 Å². The van der Waals surface area contributed by atoms with Crippen molar-refractivity contribution >= 4 is 5.91 Å². The lowest BCUT2D eigenvalue weighted by Gasteiger charge is -2.09. The molecule has 28 heavy (non-hydrogen) atoms. The SMILES string of the molecule is COc1ccc(OCc2ccc(C(=O)NCc3c(C)nn(C)c3C)cc2)cc1. The van der Waals surface area contributed by atoms with Gasteiger partial charge in [-0.15, -0.1) is 0 Å². The summed E-state index contributed by atoms with van der Waals surface area (Å²) in [7, 11) is 3.53. The molecule has 0 unspecified atom stereocenters. The van der Waals surface area contributed by atoms with Gasteiger partial charge >= 0.3 is 0 Å². The normalized spacial score (nSPS) is 10.6. The lowest BCUT2D eigenvalue weighted by molar-refractivity contribution is 0.0951. The molecule has 6 nitrogen and oxygen atoms in total. The first-order chi connectivity index (χ1) is 13.5. The van der Waals surface area contributed by atoms with Gasteiger partial charge in [0, 0.05) is 30.4 Å². The van der Waals surface area contributed by atoms with Crippen LogP contribution in [-0.2, 0) is 20.2 Å². The van der Waals surface area contributed by atoms with Crippen LogP contribution in [0.4, 0.5) is 0 Å². The van der Waals surface area contributed by atoms with Crippen molar-refractivity contribution in [3.8, 4) is 11.5 Å². The van der Waals surface area contributed by atoms with Crippen LogP contribution in [0.2, 0.25) is 0 Å². The molecule has 0 bridgehead atoms. The number of hydrogen-bond acceptors (Lipinski definition) is 4. The molecule has 1 aromatic heterocycles. The van der Waals surface area contributed by atoms with Crippen molar-refractivity contribution < 1.29 is 14.3 Å². The van der Waals surface area contributed by atoms with Crippen LogP contribution < -0.4 is 14.8 Å². The molecule has 1 heterocycles. The Hall–Kier alpha value is -3.28. The van der Waals surface area contributed by atoms with Crippen LogP contribution in [0.3, 0.4) is 0 Å². The number of hydrogen-bond donors (Lipinski definition) is 1. The second kappa shape index (κ2) is 8.61. The van der Waals surface area contributed by atoms with E-state index in [1.807, 2.05) is 74.1 Å². The van der Waals surface area contributed by atoms with Gasteiger partial charge in [-0.3, -0.25) is 9.48 Å². The number of carbonyl (C=O) groups excluding carboxylic acids is 1. The number of aryl methyl sites for hydroxylation is 2. The smallest absolute Gasteiger partial charge is 0.251 e. The summed E-state index contributed by atoms with van der Waals surface area (Å²) >= 11 is 0. The van der Waals surface area contributed by atoms with E-state index >= 15 is 0 Å². The van der Waals surface area contributed by atoms with Crippen LogP contribution in [0.5, 0.6) is 11.5 Å². The molecule has 2 aromatic carbocycles. The van der Waals surface area contributed by atoms with Crippen LogP contribution in [0.15, 0.2) is 48.5 Å². The van der Waals surface area contributed by atoms with E-state index in [-0.39, 0.29) is 5.91 Å². The Morgan fingerprint density at radius 3 is 2.25 bits per heavy atom. The summed E-state index contributed by atoms with van der Waals surface area (Å²) in [5.74, 6) is 1.45. The Morgan fingerprint density at radius 2 is 1.68 bits per heavy atom. The lowest BCUT2D eigenvalue weighted by Crippen LogP contribution is -2.23. The number of carbonyl (C=O) groups is 1. The number of methoxy groups -OCH3 is 1. The van der Waals surface area contributed by atoms with Crippen molar-refractivity contribution in [1.82, 2.24) is 15.1 Å². The second-order valence-electron chi connectivity index (χ2n) is 6.62. The molecule has 0 aliphatic carbocycles. The van der Waals surface area contributed by atoms with Crippen molar-refractivity contribution in [3.05, 3.63) is 76.6 Å². The molecule has 0 aliphatic rings. The Balaban J connectivity index is 1.54. The van der Waals surface area contributed by atoms with E-state index in [9.17, 15) is 4.79 Å². The minimum absolute atomic E-state index is 0.106. The Kier molecular flexibility index (Phi) is 5.99. The predicted molar refractivity (Wildman–Crippen MR) is 108 cm³/mol. The van der Waals surface area contributed by atoms with Crippen molar-refractivity contribution in [2.45, 2.75) is 27.0 Å². The van der Waals surface area contributed by atoms with Gasteiger partial charge in [0.2, 0.25) is 0 Å². The number of nitrogens with one attached hydrogen (secondary N) is 1. The van der Waals surface area contributed by atoms with E-state index in [1.165, 1.54) is 0 Å². The van der Waals surface area contributed by atoms with E-state index < -0.39 is 0 Å². The molecule has 6 heteroatoms. The Bertz CT molecular complexity index is 944. The van der Waals surface area contributed by atoms with Crippen LogP contribution in [0.1, 0.15) is 32.9 Å². The molecule has 3 aromatic rings. The first-order valence-corrected chi connectivity index (χ1v) is 9.11. The summed E-state index contributed by atoms with van der Waals surface area (Å²) in [6.07, 6.45) is 0. The lowest BCUT2D eigenvalue weighted by atomic mass is 10.1. The first-order valence-electron chi connectivity index (χ1n) is 9.11. The molecule has 146 valence electrons. The van der Waals surface area contributed by atoms with Crippen LogP contribution >= 0.6 is 0 Å². The fourth-order valence-corrected chi connectivity index (χ4v) is 2.93. The minimum atomic E-state index is -0.106. The third-order valence-corrected chi connectivity index (χ3v) is 4.77. The highest BCUT2D eigenvalue weighted by atomic mass is 16.5. The van der Waals surface area contributed by atoms with Gasteiger partial charge < -0.3 is 14.8 Å². The topological polar surface area (TPSA) is 65.4 Å². The quantitative estimate of drug-likeness (QED) is 0.682. The summed E-state index contributed by atoms with van der Waals surface area (Å²) in [6, 6.07) is 14.9. The molecule has 0 saturated carbocycles. The number of benzene rings is 2. The molecular formula is C22H25N3O3. The van der Waals surface area contributed by atoms with Gasteiger partial charge in [-0.05, 0) is 55.8 Å². The first kappa shape index (κ1) is 19.5. The van der Waals surface area contributed by atoms with Gasteiger partial charge in [0.25, 0.3) is 5.91 Å². The van der Waals surface area contributed by atoms with Crippen LogP contribution in [0, 0.1) is 13.8 Å². The number of rotatable bonds is 7. The maximum Gasteiger partial charge on any atom is 0.251 e. The highest BCUT2D eigenvalue weighted by Crippen LogP contribution is 2.18. The van der Waals surface area contributed by atoms with Gasteiger partial charge in [-0.25, -0.2) is 0 Å². The molecule has 1 amide bonds. The fourth-order valence-electron chi connectivity index (χ4n) is 2.93. The van der Waals surface area contributed by atoms with Gasteiger partial charge in [0.1, 0.15) is 18.1 Å². The van der Waals surface area contributed by atoms with Crippen molar-refractivity contribution in [3.63, 3.8) is 0 Å². The monoisotopic (exact) mass is 379 g/mol. The molecule has 3 rings (SSSR count). The average Bonchev–Trinajstić information content (AvgIpc) is 2.96. The van der Waals surface area contributed by atoms with E-state index in [0.717, 1.165) is 34.0 Å². The van der Waals surface area contributed by atoms with Crippen LogP contribution in [-0.4, -0.2) is 22.8 Å². The summed E-state index contributed by atoms with van der Waals surface area (Å²) in [6.45, 7) is 4.85. The average molecular weight is 379 g/mol. The summed E-state index contributed by atoms with van der Waals surface area (Å²) in [5.41, 5.74) is 4.66. The highest BCUT2D eigenvalue weighted by Gasteiger charge is 2.11. The van der Waals surface area contributed by atoms with Gasteiger partial charge in [-0.1, -0.05) is 12.1 Å². The molecule has 0 fully saturated rings. The zero-order valence-electron chi connectivity index (χ0n) is 16.7. The maximum atomic E-state index is 12.4. The molecule has 0 atom stereocenters. The maximum absolute atomic E-state index is 12.4. The Labute approximate surface area is 165 Å². The number of ether oxygens (including phenoxy) is 2. The summed E-state index contributed by atoms with van der Waals surface area (Å²) in [4.78, 5) is 12.4. The van der Waals surface area contributed by atoms with E-state index in [4.69, 9.17) is 9.47 Å². The fraction of sp³-hybridized carbons (Fsp3) is 0.273. The Morgan fingerprint density at radius 1 is 1.04 bits per heavy atom. The zero-order valence-corrected chi connectivity index (χ0v) is 16.7. The molecule has 0 saturated heterocycles. The minimum Gasteiger partial charge on any atom is -0.497 e. The van der Waals surface area contributed by atoms with E-state index in [1.54, 1.807) is 7.11 Å². The zero-order chi connectivity index (χ0) is 20.1. The van der Waals surface area contributed by atoms with Gasteiger partial charge in [0.15, 0.2) is 0 Å². The molecular weight excluding hydrogens is 354 g/mol. The highest BCUT2D eigenvalue weighted by molar-refractivity contribution is 5.94. The molecule has 0 aliphatic heterocycles. The number of nitrogens with zero attached hydrogens (tertiary/aromatic N) is 2. The molecule has 0 radical (unpaired) electrons.